The van der Waals surface area contributed by atoms with Crippen molar-refractivity contribution in [2.75, 3.05) is 59.0 Å². The van der Waals surface area contributed by atoms with Crippen molar-refractivity contribution >= 4 is 49.1 Å². The minimum absolute atomic E-state index is 0.0684. The van der Waals surface area contributed by atoms with Gasteiger partial charge in [-0.1, -0.05) is 31.5 Å². The number of ether oxygens (including phenoxy) is 3. The lowest BCUT2D eigenvalue weighted by Gasteiger charge is -2.30. The Balaban J connectivity index is 0.000000559. The lowest BCUT2D eigenvalue weighted by molar-refractivity contribution is -0.173. The molecule has 0 saturated carbocycles. The predicted molar refractivity (Wildman–Crippen MR) is 205 cm³/mol. The quantitative estimate of drug-likeness (QED) is 0.162. The number of carbonyl (C=O) groups excluding carboxylic acids is 2. The van der Waals surface area contributed by atoms with Gasteiger partial charge >= 0.3 is 12.0 Å². The molecule has 3 aliphatic heterocycles. The van der Waals surface area contributed by atoms with E-state index in [1.807, 2.05) is 30.3 Å². The Morgan fingerprint density at radius 2 is 1.82 bits per heavy atom. The molecule has 1 amide bonds. The van der Waals surface area contributed by atoms with Crippen LogP contribution >= 0.6 is 11.6 Å². The van der Waals surface area contributed by atoms with Gasteiger partial charge in [-0.05, 0) is 88.3 Å². The summed E-state index contributed by atoms with van der Waals surface area (Å²) < 4.78 is 56.8. The summed E-state index contributed by atoms with van der Waals surface area (Å²) in [6.07, 6.45) is -3.39. The van der Waals surface area contributed by atoms with E-state index in [1.165, 1.54) is 7.05 Å². The van der Waals surface area contributed by atoms with Gasteiger partial charge in [0, 0.05) is 30.9 Å². The lowest BCUT2D eigenvalue weighted by atomic mass is 9.92. The Hall–Kier alpha value is -5.04. The average Bonchev–Trinajstić information content (AvgIpc) is 3.47. The molecule has 2 aromatic carbocycles. The summed E-state index contributed by atoms with van der Waals surface area (Å²) in [5.41, 5.74) is 6.72. The molecule has 1 aromatic heterocycles. The molecule has 0 saturated heterocycles. The molecule has 0 radical (unpaired) electrons. The number of nitrogens with zero attached hydrogens (tertiary/aromatic N) is 4. The molecule has 6 rings (SSSR count). The number of halogens is 4. The van der Waals surface area contributed by atoms with Gasteiger partial charge in [-0.3, -0.25) is 14.6 Å². The van der Waals surface area contributed by atoms with E-state index in [0.717, 1.165) is 30.8 Å². The molecular weight excluding hydrogens is 751 g/mol. The number of aryl methyl sites for hydroxylation is 1. The van der Waals surface area contributed by atoms with Gasteiger partial charge in [-0.2, -0.15) is 13.2 Å². The first-order valence-corrected chi connectivity index (χ1v) is 17.0. The minimum Gasteiger partial charge on any atom is -0.492 e. The Kier molecular flexibility index (Phi) is 21.9. The van der Waals surface area contributed by atoms with Crippen molar-refractivity contribution in [1.29, 1.82) is 0 Å². The highest BCUT2D eigenvalue weighted by molar-refractivity contribution is 6.32. The van der Waals surface area contributed by atoms with Crippen molar-refractivity contribution in [3.8, 4) is 5.75 Å². The first-order chi connectivity index (χ1) is 26.1. The highest BCUT2D eigenvalue weighted by atomic mass is 35.5. The Morgan fingerprint density at radius 3 is 2.38 bits per heavy atom. The monoisotopic (exact) mass is 799 g/mol. The Labute approximate surface area is 322 Å². The smallest absolute Gasteiger partial charge is 0.492 e. The van der Waals surface area contributed by atoms with Crippen LogP contribution in [0.25, 0.3) is 0 Å². The summed E-state index contributed by atoms with van der Waals surface area (Å²) in [5.74, 6) is 0.739. The first-order valence-electron chi connectivity index (χ1n) is 16.6. The lowest BCUT2D eigenvalue weighted by Crippen LogP contribution is -2.41. The van der Waals surface area contributed by atoms with E-state index in [1.54, 1.807) is 19.1 Å². The van der Waals surface area contributed by atoms with E-state index in [0.29, 0.717) is 47.8 Å². The molecule has 0 fully saturated rings. The molecule has 0 spiro atoms. The first kappa shape index (κ1) is 48.0. The molecule has 3 aliphatic rings. The molecule has 3 aromatic rings. The zero-order valence-electron chi connectivity index (χ0n) is 31.5. The summed E-state index contributed by atoms with van der Waals surface area (Å²) in [7, 11) is 3.59. The number of nitrogens with one attached hydrogen (secondary N) is 2. The van der Waals surface area contributed by atoms with E-state index in [2.05, 4.69) is 88.9 Å². The van der Waals surface area contributed by atoms with Crippen LogP contribution in [0.3, 0.4) is 0 Å². The molecular formula is C36H49ClF3N7O8. The number of hydrogen-bond acceptors (Lipinski definition) is 14. The van der Waals surface area contributed by atoms with Crippen molar-refractivity contribution in [1.82, 2.24) is 10.2 Å². The molecule has 4 N–H and O–H groups in total. The molecule has 0 atom stereocenters. The van der Waals surface area contributed by atoms with Gasteiger partial charge in [-0.15, -0.1) is 0 Å². The van der Waals surface area contributed by atoms with Crippen LogP contribution in [-0.2, 0) is 27.4 Å². The number of amides is 1. The number of fused-ring (bicyclic) bond motifs is 2. The van der Waals surface area contributed by atoms with Crippen molar-refractivity contribution in [2.45, 2.75) is 46.5 Å². The van der Waals surface area contributed by atoms with Crippen LogP contribution in [0.15, 0.2) is 71.1 Å². The fourth-order valence-corrected chi connectivity index (χ4v) is 4.79. The van der Waals surface area contributed by atoms with Crippen LogP contribution in [0.4, 0.5) is 18.9 Å². The summed E-state index contributed by atoms with van der Waals surface area (Å²) in [6.45, 7) is 14.3. The zero-order chi connectivity index (χ0) is 41.4. The summed E-state index contributed by atoms with van der Waals surface area (Å²) >= 11 is 6.42. The molecule has 304 valence electrons. The standard InChI is InChI=1S/C25H32ClN5O2.C6H6O5.C4H6F3NO.CH5N/c1-25(2)16-29-23(32)19-7-9-20(10-8-19)30-24(27-3)28-15-18-6-11-22(21(26)14-18)33-13-5-12-31(4)17-25;1-4-5(2-9-3-7)11-6(8)10-4;1-8-3-9-2-4(5,6)7;1-2/h6-11,14H,3,5,12-13,15-17H2,1-2,4H3,(H,28,30)(H,29,32);3H,2H2,1H3;1-3H2;2H2,1H3. The molecule has 0 aliphatic carbocycles. The van der Waals surface area contributed by atoms with Gasteiger partial charge in [0.05, 0.1) is 18.2 Å². The van der Waals surface area contributed by atoms with Crippen molar-refractivity contribution in [2.24, 2.45) is 26.1 Å². The highest BCUT2D eigenvalue weighted by Crippen LogP contribution is 2.26. The maximum Gasteiger partial charge on any atom is 0.519 e. The number of hydrogen-bond donors (Lipinski definition) is 3. The third kappa shape index (κ3) is 20.3. The van der Waals surface area contributed by atoms with Crippen LogP contribution in [0.5, 0.6) is 5.75 Å². The number of nitrogens with two attached hydrogens (primary N) is 1. The maximum atomic E-state index is 12.6. The van der Waals surface area contributed by atoms with Gasteiger partial charge < -0.3 is 44.3 Å². The van der Waals surface area contributed by atoms with Gasteiger partial charge in [0.1, 0.15) is 19.1 Å². The largest absolute Gasteiger partial charge is 0.519 e. The summed E-state index contributed by atoms with van der Waals surface area (Å²) in [4.78, 5) is 46.5. The van der Waals surface area contributed by atoms with Crippen LogP contribution < -0.4 is 26.9 Å². The van der Waals surface area contributed by atoms with Crippen LogP contribution in [0, 0.1) is 12.3 Å². The normalized spacial score (nSPS) is 14.8. The van der Waals surface area contributed by atoms with Crippen LogP contribution in [-0.4, -0.2) is 96.5 Å². The third-order valence-corrected chi connectivity index (χ3v) is 7.19. The second-order valence-corrected chi connectivity index (χ2v) is 12.6. The summed E-state index contributed by atoms with van der Waals surface area (Å²) in [5, 5.41) is 6.74. The zero-order valence-corrected chi connectivity index (χ0v) is 32.3. The number of rotatable bonds is 6. The predicted octanol–water partition coefficient (Wildman–Crippen LogP) is 5.49. The fourth-order valence-electron chi connectivity index (χ4n) is 4.53. The van der Waals surface area contributed by atoms with Crippen molar-refractivity contribution < 1.29 is 45.8 Å². The average molecular weight is 800 g/mol. The molecule has 19 heteroatoms. The SMILES string of the molecule is C=NC1=NCc2ccc(c(Cl)c2)OCCCN(C)CC(C)(C)CNC(=O)c2ccc(cc2)N1.C=NCOCC(F)(F)F.CN.Cc1oc(=O)oc1COC=O. The molecule has 4 heterocycles. The molecule has 55 heavy (non-hydrogen) atoms. The molecule has 4 bridgehead atoms. The van der Waals surface area contributed by atoms with Crippen molar-refractivity contribution in [3.05, 3.63) is 80.8 Å². The number of anilines is 1. The number of aliphatic imine (C=N–C) groups is 3. The van der Waals surface area contributed by atoms with E-state index in [4.69, 9.17) is 16.3 Å². The fraction of sp³-hybridized carbons (Fsp3) is 0.444. The van der Waals surface area contributed by atoms with E-state index in [-0.39, 0.29) is 36.9 Å². The Bertz CT molecular complexity index is 1710. The van der Waals surface area contributed by atoms with Crippen LogP contribution in [0.1, 0.15) is 47.7 Å². The number of benzene rings is 2. The summed E-state index contributed by atoms with van der Waals surface area (Å²) in [6, 6.07) is 12.9. The topological polar surface area (TPSA) is 196 Å². The van der Waals surface area contributed by atoms with E-state index >= 15 is 0 Å². The van der Waals surface area contributed by atoms with E-state index in [9.17, 15) is 27.6 Å². The van der Waals surface area contributed by atoms with Crippen molar-refractivity contribution in [3.63, 3.8) is 0 Å². The third-order valence-electron chi connectivity index (χ3n) is 6.89. The Morgan fingerprint density at radius 1 is 1.13 bits per heavy atom. The second-order valence-electron chi connectivity index (χ2n) is 12.2. The second kappa shape index (κ2) is 25.1. The highest BCUT2D eigenvalue weighted by Gasteiger charge is 2.27. The number of guanidine groups is 1. The molecule has 15 nitrogen and oxygen atoms in total. The minimum atomic E-state index is -4.26. The number of carbonyl (C=O) groups is 2. The van der Waals surface area contributed by atoms with Gasteiger partial charge in [0.25, 0.3) is 12.4 Å². The maximum absolute atomic E-state index is 12.6. The van der Waals surface area contributed by atoms with Gasteiger partial charge in [-0.25, -0.2) is 14.8 Å². The number of alkyl halides is 3. The van der Waals surface area contributed by atoms with Crippen LogP contribution in [0.2, 0.25) is 5.02 Å². The molecule has 0 unspecified atom stereocenters. The van der Waals surface area contributed by atoms with Gasteiger partial charge in [0.15, 0.2) is 18.1 Å². The van der Waals surface area contributed by atoms with Gasteiger partial charge in [0.2, 0.25) is 5.96 Å². The van der Waals surface area contributed by atoms with E-state index < -0.39 is 18.6 Å².